The molecule has 0 atom stereocenters. The Bertz CT molecular complexity index is 1190. The van der Waals surface area contributed by atoms with Crippen molar-refractivity contribution in [2.45, 2.75) is 30.9 Å². The standard InChI is InChI=1S/C18H16O6S/c1-9(2)25(22,23)15-7-10(3)6-13-16(19)12-8-11(18(20)21)4-5-14(12)24-17(13)15/h4-9H,1-3H3,(H,20,21). The summed E-state index contributed by atoms with van der Waals surface area (Å²) in [5, 5.41) is 8.64. The maximum absolute atomic E-state index is 12.8. The molecule has 6 nitrogen and oxygen atoms in total. The fraction of sp³-hybridized carbons (Fsp3) is 0.222. The van der Waals surface area contributed by atoms with Crippen LogP contribution in [0.25, 0.3) is 21.9 Å². The summed E-state index contributed by atoms with van der Waals surface area (Å²) >= 11 is 0. The van der Waals surface area contributed by atoms with Crippen LogP contribution in [0.4, 0.5) is 0 Å². The highest BCUT2D eigenvalue weighted by Gasteiger charge is 2.25. The molecule has 0 radical (unpaired) electrons. The monoisotopic (exact) mass is 360 g/mol. The predicted molar refractivity (Wildman–Crippen MR) is 94.0 cm³/mol. The summed E-state index contributed by atoms with van der Waals surface area (Å²) in [6.45, 7) is 4.81. The summed E-state index contributed by atoms with van der Waals surface area (Å²) in [5.41, 5.74) is 0.254. The number of rotatable bonds is 3. The SMILES string of the molecule is Cc1cc(S(=O)(=O)C(C)C)c2oc3ccc(C(=O)O)cc3c(=O)c2c1. The summed E-state index contributed by atoms with van der Waals surface area (Å²) in [6, 6.07) is 6.95. The van der Waals surface area contributed by atoms with Crippen LogP contribution in [0.3, 0.4) is 0 Å². The van der Waals surface area contributed by atoms with Gasteiger partial charge < -0.3 is 9.52 Å². The Balaban J connectivity index is 2.51. The van der Waals surface area contributed by atoms with Crippen molar-refractivity contribution >= 4 is 37.7 Å². The fourth-order valence-corrected chi connectivity index (χ4v) is 3.93. The van der Waals surface area contributed by atoms with Crippen LogP contribution in [0.15, 0.2) is 44.4 Å². The summed E-state index contributed by atoms with van der Waals surface area (Å²) in [7, 11) is -3.66. The van der Waals surface area contributed by atoms with Crippen molar-refractivity contribution in [3.63, 3.8) is 0 Å². The van der Waals surface area contributed by atoms with Gasteiger partial charge in [0, 0.05) is 0 Å². The number of fused-ring (bicyclic) bond motifs is 2. The third-order valence-corrected chi connectivity index (χ3v) is 6.21. The first-order valence-electron chi connectivity index (χ1n) is 7.61. The first kappa shape index (κ1) is 17.2. The van der Waals surface area contributed by atoms with E-state index in [2.05, 4.69) is 0 Å². The van der Waals surface area contributed by atoms with E-state index in [-0.39, 0.29) is 32.4 Å². The lowest BCUT2D eigenvalue weighted by Crippen LogP contribution is -2.16. The van der Waals surface area contributed by atoms with Crippen molar-refractivity contribution in [1.82, 2.24) is 0 Å². The number of carboxylic acids is 1. The molecule has 0 unspecified atom stereocenters. The van der Waals surface area contributed by atoms with Gasteiger partial charge in [-0.2, -0.15) is 0 Å². The number of benzene rings is 2. The van der Waals surface area contributed by atoms with Crippen molar-refractivity contribution in [3.8, 4) is 0 Å². The molecule has 7 heteroatoms. The Labute approximate surface area is 143 Å². The minimum absolute atomic E-state index is 0.000116. The van der Waals surface area contributed by atoms with Crippen LogP contribution in [0.2, 0.25) is 0 Å². The van der Waals surface area contributed by atoms with Gasteiger partial charge in [0.15, 0.2) is 15.4 Å². The van der Waals surface area contributed by atoms with Crippen LogP contribution in [-0.4, -0.2) is 24.7 Å². The molecule has 1 N–H and O–H groups in total. The van der Waals surface area contributed by atoms with Crippen molar-refractivity contribution in [3.05, 3.63) is 51.7 Å². The fourth-order valence-electron chi connectivity index (χ4n) is 2.66. The van der Waals surface area contributed by atoms with Gasteiger partial charge in [0.25, 0.3) is 0 Å². The number of carbonyl (C=O) groups is 1. The maximum Gasteiger partial charge on any atom is 0.335 e. The molecule has 0 fully saturated rings. The van der Waals surface area contributed by atoms with Crippen LogP contribution in [0.1, 0.15) is 29.8 Å². The van der Waals surface area contributed by atoms with Crippen LogP contribution in [0.5, 0.6) is 0 Å². The van der Waals surface area contributed by atoms with Gasteiger partial charge in [-0.1, -0.05) is 0 Å². The van der Waals surface area contributed by atoms with Crippen molar-refractivity contribution < 1.29 is 22.7 Å². The lowest BCUT2D eigenvalue weighted by molar-refractivity contribution is 0.0697. The summed E-state index contributed by atoms with van der Waals surface area (Å²) in [5.74, 6) is -1.16. The molecule has 0 saturated heterocycles. The first-order valence-corrected chi connectivity index (χ1v) is 9.16. The molecule has 0 saturated carbocycles. The van der Waals surface area contributed by atoms with Crippen LogP contribution < -0.4 is 5.43 Å². The molecule has 0 aliphatic carbocycles. The molecule has 130 valence electrons. The highest BCUT2D eigenvalue weighted by atomic mass is 32.2. The zero-order chi connectivity index (χ0) is 18.5. The number of aryl methyl sites for hydroxylation is 1. The second-order valence-corrected chi connectivity index (χ2v) is 8.65. The smallest absolute Gasteiger partial charge is 0.335 e. The third-order valence-electron chi connectivity index (χ3n) is 4.05. The molecule has 3 rings (SSSR count). The second kappa shape index (κ2) is 5.70. The zero-order valence-corrected chi connectivity index (χ0v) is 14.7. The molecule has 1 heterocycles. The van der Waals surface area contributed by atoms with Gasteiger partial charge in [0.2, 0.25) is 5.43 Å². The van der Waals surface area contributed by atoms with Gasteiger partial charge in [0.1, 0.15) is 10.5 Å². The van der Waals surface area contributed by atoms with Crippen LogP contribution in [-0.2, 0) is 9.84 Å². The van der Waals surface area contributed by atoms with E-state index in [1.54, 1.807) is 26.8 Å². The van der Waals surface area contributed by atoms with Crippen molar-refractivity contribution in [1.29, 1.82) is 0 Å². The molecule has 2 aromatic carbocycles. The normalized spacial score (nSPS) is 12.2. The largest absolute Gasteiger partial charge is 0.478 e. The molecule has 0 amide bonds. The van der Waals surface area contributed by atoms with E-state index in [0.29, 0.717) is 5.56 Å². The Morgan fingerprint density at radius 1 is 1.12 bits per heavy atom. The van der Waals surface area contributed by atoms with E-state index in [1.807, 2.05) is 0 Å². The molecular formula is C18H16O6S. The van der Waals surface area contributed by atoms with Gasteiger partial charge in [0.05, 0.1) is 21.6 Å². The van der Waals surface area contributed by atoms with Gasteiger partial charge in [-0.25, -0.2) is 13.2 Å². The van der Waals surface area contributed by atoms with E-state index in [4.69, 9.17) is 9.52 Å². The Kier molecular flexibility index (Phi) is 3.91. The number of aromatic carboxylic acids is 1. The summed E-state index contributed by atoms with van der Waals surface area (Å²) in [6.07, 6.45) is 0. The Hall–Kier alpha value is -2.67. The van der Waals surface area contributed by atoms with Crippen LogP contribution >= 0.6 is 0 Å². The molecule has 3 aromatic rings. The minimum atomic E-state index is -3.66. The van der Waals surface area contributed by atoms with E-state index in [9.17, 15) is 18.0 Å². The van der Waals surface area contributed by atoms with E-state index >= 15 is 0 Å². The van der Waals surface area contributed by atoms with Gasteiger partial charge in [-0.05, 0) is 56.7 Å². The summed E-state index contributed by atoms with van der Waals surface area (Å²) in [4.78, 5) is 23.9. The lowest BCUT2D eigenvalue weighted by Gasteiger charge is -2.12. The number of hydrogen-bond acceptors (Lipinski definition) is 5. The maximum atomic E-state index is 12.8. The summed E-state index contributed by atoms with van der Waals surface area (Å²) < 4.78 is 31.0. The Morgan fingerprint density at radius 2 is 1.80 bits per heavy atom. The average Bonchev–Trinajstić information content (AvgIpc) is 2.54. The van der Waals surface area contributed by atoms with E-state index in [1.165, 1.54) is 24.3 Å². The molecule has 0 aliphatic rings. The average molecular weight is 360 g/mol. The van der Waals surface area contributed by atoms with E-state index < -0.39 is 26.5 Å². The predicted octanol–water partition coefficient (Wildman–Crippen LogP) is 3.13. The van der Waals surface area contributed by atoms with Gasteiger partial charge in [-0.3, -0.25) is 4.79 Å². The molecular weight excluding hydrogens is 344 g/mol. The second-order valence-electron chi connectivity index (χ2n) is 6.18. The van der Waals surface area contributed by atoms with Crippen molar-refractivity contribution in [2.75, 3.05) is 0 Å². The van der Waals surface area contributed by atoms with Gasteiger partial charge >= 0.3 is 5.97 Å². The molecule has 0 aliphatic heterocycles. The van der Waals surface area contributed by atoms with Crippen LogP contribution in [0, 0.1) is 6.92 Å². The molecule has 1 aromatic heterocycles. The number of sulfone groups is 1. The van der Waals surface area contributed by atoms with Gasteiger partial charge in [-0.15, -0.1) is 0 Å². The molecule has 25 heavy (non-hydrogen) atoms. The zero-order valence-electron chi connectivity index (χ0n) is 13.9. The van der Waals surface area contributed by atoms with E-state index in [0.717, 1.165) is 0 Å². The molecule has 0 spiro atoms. The minimum Gasteiger partial charge on any atom is -0.478 e. The molecule has 0 bridgehead atoms. The number of hydrogen-bond donors (Lipinski definition) is 1. The third kappa shape index (κ3) is 2.70. The topological polar surface area (TPSA) is 102 Å². The quantitative estimate of drug-likeness (QED) is 0.720. The lowest BCUT2D eigenvalue weighted by atomic mass is 10.1. The number of carboxylic acid groups (broad SMARTS) is 1. The first-order chi connectivity index (χ1) is 11.6. The van der Waals surface area contributed by atoms with Crippen molar-refractivity contribution in [2.24, 2.45) is 0 Å². The highest BCUT2D eigenvalue weighted by Crippen LogP contribution is 2.29. The Morgan fingerprint density at radius 3 is 2.40 bits per heavy atom. The highest BCUT2D eigenvalue weighted by molar-refractivity contribution is 7.92.